The van der Waals surface area contributed by atoms with E-state index in [0.29, 0.717) is 6.54 Å². The lowest BCUT2D eigenvalue weighted by atomic mass is 9.99. The van der Waals surface area contributed by atoms with Crippen LogP contribution in [0.15, 0.2) is 30.3 Å². The first kappa shape index (κ1) is 13.3. The van der Waals surface area contributed by atoms with Crippen molar-refractivity contribution in [2.24, 2.45) is 0 Å². The van der Waals surface area contributed by atoms with Gasteiger partial charge in [0.25, 0.3) is 5.91 Å². The lowest BCUT2D eigenvalue weighted by molar-refractivity contribution is -0.389. The molecule has 0 aliphatic carbocycles. The first-order chi connectivity index (χ1) is 10.1. The van der Waals surface area contributed by atoms with Crippen molar-refractivity contribution in [1.82, 2.24) is 10.3 Å². The van der Waals surface area contributed by atoms with Crippen LogP contribution >= 0.6 is 0 Å². The van der Waals surface area contributed by atoms with Crippen molar-refractivity contribution in [3.8, 4) is 0 Å². The average molecular weight is 286 g/mol. The summed E-state index contributed by atoms with van der Waals surface area (Å²) < 4.78 is 0. The Kier molecular flexibility index (Phi) is 3.41. The summed E-state index contributed by atoms with van der Waals surface area (Å²) in [6.45, 7) is 1.63. The van der Waals surface area contributed by atoms with E-state index >= 15 is 0 Å². The number of H-pyrrole nitrogens is 1. The number of nitro groups is 1. The second-order valence-corrected chi connectivity index (χ2v) is 4.84. The van der Waals surface area contributed by atoms with Crippen LogP contribution in [0.5, 0.6) is 0 Å². The summed E-state index contributed by atoms with van der Waals surface area (Å²) >= 11 is 0. The molecule has 1 aromatic heterocycles. The summed E-state index contributed by atoms with van der Waals surface area (Å²) in [5, 5.41) is 16.7. The third-order valence-corrected chi connectivity index (χ3v) is 3.51. The number of benzene rings is 1. The SMILES string of the molecule is O=C(Nc1cccc2c1CNCC2)c1ccc([N+](=O)[O-])[nH]1. The van der Waals surface area contributed by atoms with Crippen molar-refractivity contribution in [2.75, 3.05) is 11.9 Å². The number of hydrogen-bond donors (Lipinski definition) is 3. The van der Waals surface area contributed by atoms with Crippen LogP contribution in [0.4, 0.5) is 11.5 Å². The number of nitrogens with zero attached hydrogens (tertiary/aromatic N) is 1. The molecule has 3 N–H and O–H groups in total. The van der Waals surface area contributed by atoms with Crippen molar-refractivity contribution in [3.05, 3.63) is 57.3 Å². The van der Waals surface area contributed by atoms with Gasteiger partial charge in [-0.15, -0.1) is 0 Å². The highest BCUT2D eigenvalue weighted by molar-refractivity contribution is 6.03. The molecule has 1 aromatic carbocycles. The standard InChI is InChI=1S/C14H14N4O3/c19-14(12-4-5-13(16-12)18(20)21)17-11-3-1-2-9-6-7-15-8-10(9)11/h1-5,15-16H,6-8H2,(H,17,19). The topological polar surface area (TPSA) is 100 Å². The van der Waals surface area contributed by atoms with Crippen molar-refractivity contribution in [2.45, 2.75) is 13.0 Å². The maximum Gasteiger partial charge on any atom is 0.321 e. The molecule has 1 amide bonds. The quantitative estimate of drug-likeness (QED) is 0.592. The zero-order chi connectivity index (χ0) is 14.8. The molecule has 7 heteroatoms. The molecule has 0 saturated carbocycles. The minimum absolute atomic E-state index is 0.170. The fraction of sp³-hybridized carbons (Fsp3) is 0.214. The normalized spacial score (nSPS) is 13.5. The molecule has 0 spiro atoms. The van der Waals surface area contributed by atoms with Gasteiger partial charge in [0, 0.05) is 18.3 Å². The van der Waals surface area contributed by atoms with Crippen molar-refractivity contribution >= 4 is 17.4 Å². The van der Waals surface area contributed by atoms with Gasteiger partial charge in [0.1, 0.15) is 0 Å². The summed E-state index contributed by atoms with van der Waals surface area (Å²) in [6.07, 6.45) is 0.924. The smallest absolute Gasteiger partial charge is 0.321 e. The summed E-state index contributed by atoms with van der Waals surface area (Å²) in [4.78, 5) is 24.7. The third kappa shape index (κ3) is 2.63. The minimum atomic E-state index is -0.564. The van der Waals surface area contributed by atoms with Gasteiger partial charge < -0.3 is 20.7 Å². The van der Waals surface area contributed by atoms with Gasteiger partial charge in [-0.2, -0.15) is 0 Å². The Bertz CT molecular complexity index is 708. The molecule has 0 bridgehead atoms. The van der Waals surface area contributed by atoms with Crippen molar-refractivity contribution < 1.29 is 9.72 Å². The van der Waals surface area contributed by atoms with E-state index in [9.17, 15) is 14.9 Å². The van der Waals surface area contributed by atoms with Gasteiger partial charge in [0.05, 0.1) is 0 Å². The van der Waals surface area contributed by atoms with E-state index in [1.165, 1.54) is 17.7 Å². The minimum Gasteiger partial charge on any atom is -0.358 e. The lowest BCUT2D eigenvalue weighted by Crippen LogP contribution is -2.25. The summed E-state index contributed by atoms with van der Waals surface area (Å²) in [5.41, 5.74) is 3.19. The predicted octanol–water partition coefficient (Wildman–Crippen LogP) is 1.82. The molecule has 0 atom stereocenters. The first-order valence-corrected chi connectivity index (χ1v) is 6.61. The Morgan fingerprint density at radius 3 is 2.90 bits per heavy atom. The van der Waals surface area contributed by atoms with Gasteiger partial charge >= 0.3 is 5.82 Å². The molecule has 0 fully saturated rings. The van der Waals surface area contributed by atoms with Crippen LogP contribution in [-0.4, -0.2) is 22.4 Å². The van der Waals surface area contributed by atoms with Crippen LogP contribution in [0.25, 0.3) is 0 Å². The number of carbonyl (C=O) groups is 1. The van der Waals surface area contributed by atoms with E-state index in [2.05, 4.69) is 15.6 Å². The fourth-order valence-corrected chi connectivity index (χ4v) is 2.44. The molecule has 7 nitrogen and oxygen atoms in total. The number of nitrogens with one attached hydrogen (secondary N) is 3. The Morgan fingerprint density at radius 2 is 2.14 bits per heavy atom. The number of rotatable bonds is 3. The zero-order valence-corrected chi connectivity index (χ0v) is 11.2. The van der Waals surface area contributed by atoms with Crippen LogP contribution in [0.2, 0.25) is 0 Å². The average Bonchev–Trinajstić information content (AvgIpc) is 2.98. The highest BCUT2D eigenvalue weighted by Gasteiger charge is 2.18. The molecule has 2 aromatic rings. The van der Waals surface area contributed by atoms with Crippen LogP contribution < -0.4 is 10.6 Å². The van der Waals surface area contributed by atoms with E-state index in [0.717, 1.165) is 24.2 Å². The van der Waals surface area contributed by atoms with E-state index in [4.69, 9.17) is 0 Å². The monoisotopic (exact) mass is 286 g/mol. The number of anilines is 1. The lowest BCUT2D eigenvalue weighted by Gasteiger charge is -2.20. The second kappa shape index (κ2) is 5.37. The summed E-state index contributed by atoms with van der Waals surface area (Å²) in [6, 6.07) is 8.46. The predicted molar refractivity (Wildman–Crippen MR) is 77.3 cm³/mol. The molecule has 0 unspecified atom stereocenters. The van der Waals surface area contributed by atoms with Gasteiger partial charge in [-0.1, -0.05) is 12.1 Å². The maximum absolute atomic E-state index is 12.2. The van der Waals surface area contributed by atoms with Gasteiger partial charge in [-0.05, 0) is 41.1 Å². The van der Waals surface area contributed by atoms with Gasteiger partial charge in [-0.3, -0.25) is 4.79 Å². The molecule has 3 rings (SSSR count). The van der Waals surface area contributed by atoms with E-state index in [1.54, 1.807) is 0 Å². The van der Waals surface area contributed by atoms with Gasteiger partial charge in [0.15, 0.2) is 5.69 Å². The van der Waals surface area contributed by atoms with Crippen molar-refractivity contribution in [1.29, 1.82) is 0 Å². The largest absolute Gasteiger partial charge is 0.358 e. The molecular weight excluding hydrogens is 272 g/mol. The fourth-order valence-electron chi connectivity index (χ4n) is 2.44. The molecule has 108 valence electrons. The maximum atomic E-state index is 12.2. The Hall–Kier alpha value is -2.67. The van der Waals surface area contributed by atoms with Crippen LogP contribution in [0.3, 0.4) is 0 Å². The highest BCUT2D eigenvalue weighted by Crippen LogP contribution is 2.23. The zero-order valence-electron chi connectivity index (χ0n) is 11.2. The second-order valence-electron chi connectivity index (χ2n) is 4.84. The number of fused-ring (bicyclic) bond motifs is 1. The molecule has 0 radical (unpaired) electrons. The molecule has 2 heterocycles. The third-order valence-electron chi connectivity index (χ3n) is 3.51. The molecule has 1 aliphatic rings. The Balaban J connectivity index is 1.83. The van der Waals surface area contributed by atoms with Gasteiger partial charge in [-0.25, -0.2) is 4.98 Å². The highest BCUT2D eigenvalue weighted by atomic mass is 16.6. The summed E-state index contributed by atoms with van der Waals surface area (Å²) in [5.74, 6) is -0.584. The number of hydrogen-bond acceptors (Lipinski definition) is 4. The van der Waals surface area contributed by atoms with Crippen LogP contribution in [-0.2, 0) is 13.0 Å². The number of carbonyl (C=O) groups excluding carboxylic acids is 1. The molecule has 0 saturated heterocycles. The van der Waals surface area contributed by atoms with E-state index in [1.807, 2.05) is 18.2 Å². The molecule has 21 heavy (non-hydrogen) atoms. The number of aromatic amines is 1. The van der Waals surface area contributed by atoms with E-state index < -0.39 is 4.92 Å². The van der Waals surface area contributed by atoms with Gasteiger partial charge in [0.2, 0.25) is 0 Å². The van der Waals surface area contributed by atoms with Crippen LogP contribution in [0, 0.1) is 10.1 Å². The van der Waals surface area contributed by atoms with Crippen molar-refractivity contribution in [3.63, 3.8) is 0 Å². The molecule has 1 aliphatic heterocycles. The Morgan fingerprint density at radius 1 is 1.29 bits per heavy atom. The Labute approximate surface area is 120 Å². The van der Waals surface area contributed by atoms with Crippen LogP contribution in [0.1, 0.15) is 21.6 Å². The van der Waals surface area contributed by atoms with E-state index in [-0.39, 0.29) is 17.4 Å². The summed E-state index contributed by atoms with van der Waals surface area (Å²) in [7, 11) is 0. The first-order valence-electron chi connectivity index (χ1n) is 6.61. The number of amides is 1. The number of aromatic nitrogens is 1. The molecular formula is C14H14N4O3.